The Hall–Kier alpha value is -1.26. The summed E-state index contributed by atoms with van der Waals surface area (Å²) in [6.45, 7) is 5.27. The summed E-state index contributed by atoms with van der Waals surface area (Å²) in [7, 11) is 1.96. The van der Waals surface area contributed by atoms with E-state index >= 15 is 0 Å². The largest absolute Gasteiger partial charge is 0.309 e. The maximum absolute atomic E-state index is 4.26. The van der Waals surface area contributed by atoms with Gasteiger partial charge in [0.25, 0.3) is 0 Å². The third kappa shape index (κ3) is 3.85. The SMILES string of the molecule is CCNC(CSc1ccccc1C)c1cnn(C)c1. The van der Waals surface area contributed by atoms with Gasteiger partial charge in [-0.25, -0.2) is 0 Å². The standard InChI is InChI=1S/C15H21N3S/c1-4-16-14(13-9-17-18(3)10-13)11-19-15-8-6-5-7-12(15)2/h5-10,14,16H,4,11H2,1-3H3. The van der Waals surface area contributed by atoms with E-state index in [2.05, 4.69) is 54.7 Å². The Kier molecular flexibility index (Phi) is 5.05. The second-order valence-electron chi connectivity index (χ2n) is 4.63. The van der Waals surface area contributed by atoms with Crippen LogP contribution < -0.4 is 5.32 Å². The van der Waals surface area contributed by atoms with E-state index in [9.17, 15) is 0 Å². The number of hydrogen-bond acceptors (Lipinski definition) is 3. The molecule has 2 aromatic rings. The van der Waals surface area contributed by atoms with Crippen molar-refractivity contribution in [1.29, 1.82) is 0 Å². The lowest BCUT2D eigenvalue weighted by atomic mass is 10.2. The highest BCUT2D eigenvalue weighted by Gasteiger charge is 2.13. The molecule has 102 valence electrons. The van der Waals surface area contributed by atoms with Crippen LogP contribution in [0.25, 0.3) is 0 Å². The van der Waals surface area contributed by atoms with Crippen molar-refractivity contribution in [2.45, 2.75) is 24.8 Å². The van der Waals surface area contributed by atoms with Crippen LogP contribution in [0.15, 0.2) is 41.6 Å². The van der Waals surface area contributed by atoms with Crippen LogP contribution in [0.5, 0.6) is 0 Å². The predicted molar refractivity (Wildman–Crippen MR) is 81.5 cm³/mol. The lowest BCUT2D eigenvalue weighted by Crippen LogP contribution is -2.22. The minimum absolute atomic E-state index is 0.350. The summed E-state index contributed by atoms with van der Waals surface area (Å²) in [4.78, 5) is 1.36. The first-order chi connectivity index (χ1) is 9.20. The normalized spacial score (nSPS) is 12.6. The molecule has 1 heterocycles. The third-order valence-corrected chi connectivity index (χ3v) is 4.35. The van der Waals surface area contributed by atoms with Crippen molar-refractivity contribution in [3.05, 3.63) is 47.8 Å². The van der Waals surface area contributed by atoms with Gasteiger partial charge in [-0.05, 0) is 25.1 Å². The van der Waals surface area contributed by atoms with E-state index in [4.69, 9.17) is 0 Å². The van der Waals surface area contributed by atoms with Crippen LogP contribution in [0, 0.1) is 6.92 Å². The average Bonchev–Trinajstić information content (AvgIpc) is 2.83. The van der Waals surface area contributed by atoms with Crippen molar-refractivity contribution in [2.75, 3.05) is 12.3 Å². The molecule has 0 bridgehead atoms. The molecule has 1 aromatic carbocycles. The van der Waals surface area contributed by atoms with Crippen molar-refractivity contribution in [3.8, 4) is 0 Å². The lowest BCUT2D eigenvalue weighted by Gasteiger charge is -2.16. The summed E-state index contributed by atoms with van der Waals surface area (Å²) >= 11 is 1.90. The quantitative estimate of drug-likeness (QED) is 0.821. The second-order valence-corrected chi connectivity index (χ2v) is 5.70. The monoisotopic (exact) mass is 275 g/mol. The molecule has 0 spiro atoms. The van der Waals surface area contributed by atoms with Gasteiger partial charge in [-0.2, -0.15) is 5.10 Å². The van der Waals surface area contributed by atoms with Crippen LogP contribution >= 0.6 is 11.8 Å². The summed E-state index contributed by atoms with van der Waals surface area (Å²) in [6, 6.07) is 8.88. The van der Waals surface area contributed by atoms with Gasteiger partial charge in [0, 0.05) is 35.5 Å². The highest BCUT2D eigenvalue weighted by Crippen LogP contribution is 2.26. The number of thioether (sulfide) groups is 1. The minimum Gasteiger partial charge on any atom is -0.309 e. The van der Waals surface area contributed by atoms with Gasteiger partial charge >= 0.3 is 0 Å². The minimum atomic E-state index is 0.350. The lowest BCUT2D eigenvalue weighted by molar-refractivity contribution is 0.605. The molecule has 1 atom stereocenters. The fraction of sp³-hybridized carbons (Fsp3) is 0.400. The summed E-state index contributed by atoms with van der Waals surface area (Å²) in [5.74, 6) is 1.02. The second kappa shape index (κ2) is 6.78. The molecule has 0 aliphatic heterocycles. The van der Waals surface area contributed by atoms with Gasteiger partial charge in [-0.3, -0.25) is 4.68 Å². The molecule has 0 aliphatic rings. The van der Waals surface area contributed by atoms with E-state index in [0.29, 0.717) is 6.04 Å². The van der Waals surface area contributed by atoms with Gasteiger partial charge in [0.15, 0.2) is 0 Å². The van der Waals surface area contributed by atoms with Gasteiger partial charge in [-0.1, -0.05) is 25.1 Å². The van der Waals surface area contributed by atoms with Crippen molar-refractivity contribution in [2.24, 2.45) is 7.05 Å². The van der Waals surface area contributed by atoms with Crippen LogP contribution in [0.3, 0.4) is 0 Å². The highest BCUT2D eigenvalue weighted by molar-refractivity contribution is 7.99. The Balaban J connectivity index is 2.03. The molecule has 0 fully saturated rings. The highest BCUT2D eigenvalue weighted by atomic mass is 32.2. The van der Waals surface area contributed by atoms with Crippen molar-refractivity contribution < 1.29 is 0 Å². The number of nitrogens with one attached hydrogen (secondary N) is 1. The van der Waals surface area contributed by atoms with Crippen molar-refractivity contribution >= 4 is 11.8 Å². The number of rotatable bonds is 6. The maximum atomic E-state index is 4.26. The molecule has 0 amide bonds. The summed E-state index contributed by atoms with van der Waals surface area (Å²) in [6.07, 6.45) is 4.04. The molecule has 0 saturated carbocycles. The number of aromatic nitrogens is 2. The van der Waals surface area contributed by atoms with Gasteiger partial charge in [0.1, 0.15) is 0 Å². The summed E-state index contributed by atoms with van der Waals surface area (Å²) in [5.41, 5.74) is 2.60. The van der Waals surface area contributed by atoms with E-state index in [1.807, 2.05) is 29.7 Å². The zero-order chi connectivity index (χ0) is 13.7. The van der Waals surface area contributed by atoms with Gasteiger partial charge in [0.05, 0.1) is 6.20 Å². The molecule has 0 saturated heterocycles. The van der Waals surface area contributed by atoms with Crippen molar-refractivity contribution in [1.82, 2.24) is 15.1 Å². The fourth-order valence-electron chi connectivity index (χ4n) is 2.03. The van der Waals surface area contributed by atoms with E-state index in [0.717, 1.165) is 12.3 Å². The topological polar surface area (TPSA) is 29.9 Å². The first-order valence-electron chi connectivity index (χ1n) is 6.61. The van der Waals surface area contributed by atoms with E-state index in [1.165, 1.54) is 16.0 Å². The average molecular weight is 275 g/mol. The molecular formula is C15H21N3S. The zero-order valence-corrected chi connectivity index (χ0v) is 12.6. The van der Waals surface area contributed by atoms with Crippen LogP contribution in [-0.2, 0) is 7.05 Å². The summed E-state index contributed by atoms with van der Waals surface area (Å²) in [5, 5.41) is 7.79. The summed E-state index contributed by atoms with van der Waals surface area (Å²) < 4.78 is 1.86. The molecule has 3 nitrogen and oxygen atoms in total. The first-order valence-corrected chi connectivity index (χ1v) is 7.59. The van der Waals surface area contributed by atoms with Gasteiger partial charge in [0.2, 0.25) is 0 Å². The Morgan fingerprint density at radius 1 is 1.37 bits per heavy atom. The van der Waals surface area contributed by atoms with Crippen LogP contribution in [0.4, 0.5) is 0 Å². The molecular weight excluding hydrogens is 254 g/mol. The first kappa shape index (κ1) is 14.2. The third-order valence-electron chi connectivity index (χ3n) is 3.08. The van der Waals surface area contributed by atoms with Crippen LogP contribution in [-0.4, -0.2) is 22.1 Å². The van der Waals surface area contributed by atoms with E-state index in [-0.39, 0.29) is 0 Å². The zero-order valence-electron chi connectivity index (χ0n) is 11.8. The molecule has 2 rings (SSSR count). The molecule has 0 aliphatic carbocycles. The molecule has 1 aromatic heterocycles. The maximum Gasteiger partial charge on any atom is 0.0537 e. The van der Waals surface area contributed by atoms with E-state index in [1.54, 1.807) is 0 Å². The smallest absolute Gasteiger partial charge is 0.0537 e. The Morgan fingerprint density at radius 2 is 2.16 bits per heavy atom. The van der Waals surface area contributed by atoms with Crippen molar-refractivity contribution in [3.63, 3.8) is 0 Å². The Bertz CT molecular complexity index is 522. The molecule has 1 unspecified atom stereocenters. The molecule has 1 N–H and O–H groups in total. The van der Waals surface area contributed by atoms with Gasteiger partial charge in [-0.15, -0.1) is 11.8 Å². The van der Waals surface area contributed by atoms with Crippen LogP contribution in [0.2, 0.25) is 0 Å². The van der Waals surface area contributed by atoms with Gasteiger partial charge < -0.3 is 5.32 Å². The number of nitrogens with zero attached hydrogens (tertiary/aromatic N) is 2. The molecule has 4 heteroatoms. The van der Waals surface area contributed by atoms with E-state index < -0.39 is 0 Å². The van der Waals surface area contributed by atoms with Crippen LogP contribution in [0.1, 0.15) is 24.1 Å². The number of aryl methyl sites for hydroxylation is 2. The molecule has 0 radical (unpaired) electrons. The number of hydrogen-bond donors (Lipinski definition) is 1. The predicted octanol–water partition coefficient (Wildman–Crippen LogP) is 3.17. The Morgan fingerprint density at radius 3 is 2.79 bits per heavy atom. The number of benzene rings is 1. The Labute approximate surface area is 119 Å². The fourth-order valence-corrected chi connectivity index (χ4v) is 3.16. The molecule has 19 heavy (non-hydrogen) atoms.